The summed E-state index contributed by atoms with van der Waals surface area (Å²) in [7, 11) is 1.59. The summed E-state index contributed by atoms with van der Waals surface area (Å²) < 4.78 is 0. The first-order valence-corrected chi connectivity index (χ1v) is 5.04. The van der Waals surface area contributed by atoms with Crippen LogP contribution in [0, 0.1) is 5.92 Å². The van der Waals surface area contributed by atoms with Crippen molar-refractivity contribution in [3.63, 3.8) is 0 Å². The Morgan fingerprint density at radius 3 is 2.36 bits per heavy atom. The van der Waals surface area contributed by atoms with Crippen molar-refractivity contribution in [2.45, 2.75) is 38.6 Å². The Labute approximate surface area is 83.9 Å². The Kier molecular flexibility index (Phi) is 3.49. The molecule has 0 aromatic rings. The van der Waals surface area contributed by atoms with E-state index in [9.17, 15) is 9.59 Å². The molecule has 0 spiro atoms. The molecule has 80 valence electrons. The van der Waals surface area contributed by atoms with Crippen LogP contribution in [0.3, 0.4) is 0 Å². The van der Waals surface area contributed by atoms with Crippen molar-refractivity contribution in [3.8, 4) is 0 Å². The van der Waals surface area contributed by atoms with Gasteiger partial charge >= 0.3 is 11.9 Å². The average Bonchev–Trinajstić information content (AvgIpc) is 2.16. The van der Waals surface area contributed by atoms with Gasteiger partial charge in [0.1, 0.15) is 0 Å². The molecule has 0 aromatic carbocycles. The van der Waals surface area contributed by atoms with E-state index in [2.05, 4.69) is 6.92 Å². The molecule has 0 aromatic heterocycles. The lowest BCUT2D eigenvalue weighted by atomic mass is 9.85. The predicted octanol–water partition coefficient (Wildman–Crippen LogP) is 1.11. The fraction of sp³-hybridized carbons (Fsp3) is 0.800. The maximum Gasteiger partial charge on any atom is 0.394 e. The van der Waals surface area contributed by atoms with Crippen molar-refractivity contribution >= 4 is 11.9 Å². The zero-order valence-corrected chi connectivity index (χ0v) is 8.69. The topological polar surface area (TPSA) is 57.6 Å². The molecule has 0 aliphatic heterocycles. The molecule has 4 heteroatoms. The molecule has 14 heavy (non-hydrogen) atoms. The second kappa shape index (κ2) is 4.44. The summed E-state index contributed by atoms with van der Waals surface area (Å²) in [6.07, 6.45) is 4.29. The minimum Gasteiger partial charge on any atom is -0.474 e. The van der Waals surface area contributed by atoms with Crippen LogP contribution in [0.5, 0.6) is 0 Å². The number of amides is 1. The molecule has 1 aliphatic carbocycles. The van der Waals surface area contributed by atoms with Crippen molar-refractivity contribution in [3.05, 3.63) is 0 Å². The number of carbonyl (C=O) groups excluding carboxylic acids is 1. The lowest BCUT2D eigenvalue weighted by Crippen LogP contribution is -2.45. The van der Waals surface area contributed by atoms with Crippen LogP contribution < -0.4 is 0 Å². The van der Waals surface area contributed by atoms with Gasteiger partial charge in [-0.1, -0.05) is 19.8 Å². The molecule has 1 aliphatic rings. The third-order valence-electron chi connectivity index (χ3n) is 3.07. The SMILES string of the molecule is CC1CCCCC1N(C)C(=O)C(=O)O. The molecule has 4 nitrogen and oxygen atoms in total. The number of hydrogen-bond donors (Lipinski definition) is 1. The summed E-state index contributed by atoms with van der Waals surface area (Å²) in [6, 6.07) is 0.104. The lowest BCUT2D eigenvalue weighted by molar-refractivity contribution is -0.157. The van der Waals surface area contributed by atoms with Gasteiger partial charge in [-0.2, -0.15) is 0 Å². The Morgan fingerprint density at radius 2 is 1.86 bits per heavy atom. The van der Waals surface area contributed by atoms with Gasteiger partial charge in [0.15, 0.2) is 0 Å². The number of aliphatic carboxylic acids is 1. The quantitative estimate of drug-likeness (QED) is 0.643. The maximum absolute atomic E-state index is 11.2. The van der Waals surface area contributed by atoms with E-state index in [1.165, 1.54) is 11.3 Å². The highest BCUT2D eigenvalue weighted by molar-refractivity contribution is 6.31. The van der Waals surface area contributed by atoms with Crippen LogP contribution in [0.1, 0.15) is 32.6 Å². The van der Waals surface area contributed by atoms with E-state index >= 15 is 0 Å². The van der Waals surface area contributed by atoms with Crippen LogP contribution in [0.15, 0.2) is 0 Å². The molecule has 2 unspecified atom stereocenters. The van der Waals surface area contributed by atoms with Crippen molar-refractivity contribution in [2.75, 3.05) is 7.05 Å². The minimum atomic E-state index is -1.36. The zero-order valence-electron chi connectivity index (χ0n) is 8.69. The summed E-state index contributed by atoms with van der Waals surface area (Å²) in [5.74, 6) is -1.73. The van der Waals surface area contributed by atoms with Gasteiger partial charge in [-0.25, -0.2) is 4.79 Å². The van der Waals surface area contributed by atoms with Gasteiger partial charge in [0.25, 0.3) is 0 Å². The Bertz CT molecular complexity index is 240. The van der Waals surface area contributed by atoms with E-state index in [4.69, 9.17) is 5.11 Å². The second-order valence-electron chi connectivity index (χ2n) is 4.05. The Morgan fingerprint density at radius 1 is 1.29 bits per heavy atom. The van der Waals surface area contributed by atoms with Crippen molar-refractivity contribution < 1.29 is 14.7 Å². The molecule has 1 N–H and O–H groups in total. The number of hydrogen-bond acceptors (Lipinski definition) is 2. The summed E-state index contributed by atoms with van der Waals surface area (Å²) in [5.41, 5.74) is 0. The molecule has 1 saturated carbocycles. The van der Waals surface area contributed by atoms with Gasteiger partial charge in [0.05, 0.1) is 0 Å². The van der Waals surface area contributed by atoms with Gasteiger partial charge in [0.2, 0.25) is 0 Å². The maximum atomic E-state index is 11.2. The fourth-order valence-corrected chi connectivity index (χ4v) is 2.17. The average molecular weight is 199 g/mol. The van der Waals surface area contributed by atoms with E-state index in [0.717, 1.165) is 19.3 Å². The number of nitrogens with zero attached hydrogens (tertiary/aromatic N) is 1. The number of likely N-dealkylation sites (N-methyl/N-ethyl adjacent to an activating group) is 1. The molecule has 0 bridgehead atoms. The lowest BCUT2D eigenvalue weighted by Gasteiger charge is -2.35. The standard InChI is InChI=1S/C10H17NO3/c1-7-5-3-4-6-8(7)11(2)9(12)10(13)14/h7-8H,3-6H2,1-2H3,(H,13,14). The highest BCUT2D eigenvalue weighted by Gasteiger charge is 2.30. The number of carboxylic acid groups (broad SMARTS) is 1. The van der Waals surface area contributed by atoms with E-state index in [1.807, 2.05) is 0 Å². The van der Waals surface area contributed by atoms with Gasteiger partial charge in [-0.05, 0) is 18.8 Å². The molecular formula is C10H17NO3. The van der Waals surface area contributed by atoms with Crippen LogP contribution in [-0.2, 0) is 9.59 Å². The van der Waals surface area contributed by atoms with Crippen molar-refractivity contribution in [1.82, 2.24) is 4.90 Å². The molecule has 1 rings (SSSR count). The fourth-order valence-electron chi connectivity index (χ4n) is 2.17. The minimum absolute atomic E-state index is 0.104. The van der Waals surface area contributed by atoms with Crippen LogP contribution in [-0.4, -0.2) is 35.0 Å². The first-order valence-electron chi connectivity index (χ1n) is 5.04. The van der Waals surface area contributed by atoms with Crippen LogP contribution in [0.25, 0.3) is 0 Å². The predicted molar refractivity (Wildman–Crippen MR) is 51.8 cm³/mol. The smallest absolute Gasteiger partial charge is 0.394 e. The third-order valence-corrected chi connectivity index (χ3v) is 3.07. The zero-order chi connectivity index (χ0) is 10.7. The van der Waals surface area contributed by atoms with E-state index in [1.54, 1.807) is 7.05 Å². The van der Waals surface area contributed by atoms with Crippen LogP contribution in [0.2, 0.25) is 0 Å². The highest BCUT2D eigenvalue weighted by atomic mass is 16.4. The number of carboxylic acids is 1. The van der Waals surface area contributed by atoms with Crippen molar-refractivity contribution in [2.24, 2.45) is 5.92 Å². The summed E-state index contributed by atoms with van der Waals surface area (Å²) in [6.45, 7) is 2.08. The molecule has 0 radical (unpaired) electrons. The Balaban J connectivity index is 2.62. The summed E-state index contributed by atoms with van der Waals surface area (Å²) >= 11 is 0. The van der Waals surface area contributed by atoms with Gasteiger partial charge < -0.3 is 10.0 Å². The van der Waals surface area contributed by atoms with Gasteiger partial charge in [-0.3, -0.25) is 4.79 Å². The van der Waals surface area contributed by atoms with Crippen LogP contribution in [0.4, 0.5) is 0 Å². The highest BCUT2D eigenvalue weighted by Crippen LogP contribution is 2.27. The molecule has 1 fully saturated rings. The van der Waals surface area contributed by atoms with Crippen LogP contribution >= 0.6 is 0 Å². The third kappa shape index (κ3) is 2.25. The van der Waals surface area contributed by atoms with E-state index < -0.39 is 11.9 Å². The molecule has 2 atom stereocenters. The monoisotopic (exact) mass is 199 g/mol. The second-order valence-corrected chi connectivity index (χ2v) is 4.05. The molecule has 1 amide bonds. The van der Waals surface area contributed by atoms with Gasteiger partial charge in [-0.15, -0.1) is 0 Å². The largest absolute Gasteiger partial charge is 0.474 e. The molecular weight excluding hydrogens is 182 g/mol. The molecule has 0 saturated heterocycles. The Hall–Kier alpha value is -1.06. The van der Waals surface area contributed by atoms with Gasteiger partial charge in [0, 0.05) is 13.1 Å². The normalized spacial score (nSPS) is 27.0. The summed E-state index contributed by atoms with van der Waals surface area (Å²) in [5, 5.41) is 8.58. The molecule has 0 heterocycles. The number of rotatable bonds is 1. The number of carbonyl (C=O) groups is 2. The van der Waals surface area contributed by atoms with E-state index in [0.29, 0.717) is 5.92 Å². The first kappa shape index (κ1) is 11.0. The van der Waals surface area contributed by atoms with Crippen molar-refractivity contribution in [1.29, 1.82) is 0 Å². The first-order chi connectivity index (χ1) is 6.54. The van der Waals surface area contributed by atoms with E-state index in [-0.39, 0.29) is 6.04 Å². The summed E-state index contributed by atoms with van der Waals surface area (Å²) in [4.78, 5) is 23.1.